The van der Waals surface area contributed by atoms with E-state index in [0.29, 0.717) is 35.7 Å². The molecule has 0 bridgehead atoms. The summed E-state index contributed by atoms with van der Waals surface area (Å²) in [6.07, 6.45) is 0. The first-order valence-corrected chi connectivity index (χ1v) is 9.32. The SMILES string of the molecule is CCNC(=O)c1ccc(NC(=O)c2ccc(OCc3c(C)noc3C)cc2)cc1. The molecule has 0 unspecified atom stereocenters. The summed E-state index contributed by atoms with van der Waals surface area (Å²) >= 11 is 0. The number of rotatable bonds is 7. The Balaban J connectivity index is 1.58. The molecule has 1 heterocycles. The number of carbonyl (C=O) groups excluding carboxylic acids is 2. The Kier molecular flexibility index (Phi) is 6.29. The zero-order chi connectivity index (χ0) is 20.8. The van der Waals surface area contributed by atoms with Crippen LogP contribution in [0.2, 0.25) is 0 Å². The van der Waals surface area contributed by atoms with Crippen LogP contribution in [-0.2, 0) is 6.61 Å². The molecule has 7 heteroatoms. The second-order valence-corrected chi connectivity index (χ2v) is 6.51. The number of aryl methyl sites for hydroxylation is 2. The van der Waals surface area contributed by atoms with E-state index < -0.39 is 0 Å². The lowest BCUT2D eigenvalue weighted by molar-refractivity contribution is 0.0955. The predicted molar refractivity (Wildman–Crippen MR) is 109 cm³/mol. The number of aromatic nitrogens is 1. The molecule has 0 radical (unpaired) electrons. The number of ether oxygens (including phenoxy) is 1. The van der Waals surface area contributed by atoms with Crippen molar-refractivity contribution in [3.05, 3.63) is 76.7 Å². The molecule has 0 saturated carbocycles. The fraction of sp³-hybridized carbons (Fsp3) is 0.227. The Morgan fingerprint density at radius 1 is 0.966 bits per heavy atom. The average Bonchev–Trinajstić information content (AvgIpc) is 3.05. The van der Waals surface area contributed by atoms with Gasteiger partial charge in [-0.05, 0) is 69.3 Å². The van der Waals surface area contributed by atoms with Gasteiger partial charge in [0.15, 0.2) is 0 Å². The Hall–Kier alpha value is -3.61. The maximum atomic E-state index is 12.4. The highest BCUT2D eigenvalue weighted by atomic mass is 16.5. The summed E-state index contributed by atoms with van der Waals surface area (Å²) in [7, 11) is 0. The minimum absolute atomic E-state index is 0.141. The van der Waals surface area contributed by atoms with Gasteiger partial charge < -0.3 is 19.9 Å². The van der Waals surface area contributed by atoms with Crippen molar-refractivity contribution >= 4 is 17.5 Å². The van der Waals surface area contributed by atoms with Crippen LogP contribution in [0.4, 0.5) is 5.69 Å². The molecule has 3 rings (SSSR count). The number of hydrogen-bond donors (Lipinski definition) is 2. The highest BCUT2D eigenvalue weighted by Gasteiger charge is 2.11. The van der Waals surface area contributed by atoms with Crippen molar-refractivity contribution in [1.29, 1.82) is 0 Å². The molecular formula is C22H23N3O4. The third-order valence-corrected chi connectivity index (χ3v) is 4.42. The van der Waals surface area contributed by atoms with Crippen molar-refractivity contribution in [1.82, 2.24) is 10.5 Å². The average molecular weight is 393 g/mol. The molecule has 0 saturated heterocycles. The highest BCUT2D eigenvalue weighted by Crippen LogP contribution is 2.19. The summed E-state index contributed by atoms with van der Waals surface area (Å²) in [5.41, 5.74) is 3.38. The van der Waals surface area contributed by atoms with Gasteiger partial charge in [-0.3, -0.25) is 9.59 Å². The number of amides is 2. The van der Waals surface area contributed by atoms with E-state index in [1.54, 1.807) is 48.5 Å². The molecule has 0 atom stereocenters. The van der Waals surface area contributed by atoms with Gasteiger partial charge in [-0.25, -0.2) is 0 Å². The molecule has 150 valence electrons. The van der Waals surface area contributed by atoms with Crippen LogP contribution in [0.25, 0.3) is 0 Å². The monoisotopic (exact) mass is 393 g/mol. The van der Waals surface area contributed by atoms with Gasteiger partial charge in [-0.2, -0.15) is 0 Å². The van der Waals surface area contributed by atoms with Crippen molar-refractivity contribution in [2.75, 3.05) is 11.9 Å². The first kappa shape index (κ1) is 20.1. The molecule has 0 aliphatic rings. The normalized spacial score (nSPS) is 10.4. The highest BCUT2D eigenvalue weighted by molar-refractivity contribution is 6.04. The molecule has 7 nitrogen and oxygen atoms in total. The Morgan fingerprint density at radius 2 is 1.59 bits per heavy atom. The number of hydrogen-bond acceptors (Lipinski definition) is 5. The summed E-state index contributed by atoms with van der Waals surface area (Å²) in [5.74, 6) is 0.995. The van der Waals surface area contributed by atoms with E-state index in [-0.39, 0.29) is 11.8 Å². The van der Waals surface area contributed by atoms with Crippen LogP contribution in [0.3, 0.4) is 0 Å². The second kappa shape index (κ2) is 9.05. The third-order valence-electron chi connectivity index (χ3n) is 4.42. The lowest BCUT2D eigenvalue weighted by Crippen LogP contribution is -2.22. The second-order valence-electron chi connectivity index (χ2n) is 6.51. The summed E-state index contributed by atoms with van der Waals surface area (Å²) in [5, 5.41) is 9.44. The number of carbonyl (C=O) groups is 2. The van der Waals surface area contributed by atoms with E-state index in [9.17, 15) is 9.59 Å². The maximum Gasteiger partial charge on any atom is 0.255 e. The fourth-order valence-electron chi connectivity index (χ4n) is 2.74. The predicted octanol–water partition coefficient (Wildman–Crippen LogP) is 3.87. The maximum absolute atomic E-state index is 12.4. The van der Waals surface area contributed by atoms with Crippen molar-refractivity contribution < 1.29 is 18.8 Å². The van der Waals surface area contributed by atoms with Gasteiger partial charge >= 0.3 is 0 Å². The topological polar surface area (TPSA) is 93.5 Å². The van der Waals surface area contributed by atoms with Crippen LogP contribution >= 0.6 is 0 Å². The van der Waals surface area contributed by atoms with Gasteiger partial charge in [0.1, 0.15) is 18.1 Å². The van der Waals surface area contributed by atoms with Crippen molar-refractivity contribution in [3.63, 3.8) is 0 Å². The van der Waals surface area contributed by atoms with E-state index in [1.165, 1.54) is 0 Å². The number of benzene rings is 2. The molecule has 0 aliphatic carbocycles. The Morgan fingerprint density at radius 3 is 2.17 bits per heavy atom. The number of nitrogens with one attached hydrogen (secondary N) is 2. The van der Waals surface area contributed by atoms with Crippen LogP contribution in [0, 0.1) is 13.8 Å². The van der Waals surface area contributed by atoms with Crippen LogP contribution < -0.4 is 15.4 Å². The largest absolute Gasteiger partial charge is 0.489 e. The van der Waals surface area contributed by atoms with Gasteiger partial charge in [0.25, 0.3) is 11.8 Å². The summed E-state index contributed by atoms with van der Waals surface area (Å²) in [6.45, 7) is 6.49. The molecule has 1 aromatic heterocycles. The van der Waals surface area contributed by atoms with Crippen LogP contribution in [0.15, 0.2) is 53.1 Å². The summed E-state index contributed by atoms with van der Waals surface area (Å²) in [4.78, 5) is 24.2. The van der Waals surface area contributed by atoms with Crippen molar-refractivity contribution in [2.45, 2.75) is 27.4 Å². The molecule has 0 spiro atoms. The summed E-state index contributed by atoms with van der Waals surface area (Å²) in [6, 6.07) is 13.6. The molecule has 2 N–H and O–H groups in total. The van der Waals surface area contributed by atoms with Crippen LogP contribution in [0.1, 0.15) is 44.7 Å². The van der Waals surface area contributed by atoms with Gasteiger partial charge in [-0.15, -0.1) is 0 Å². The van der Waals surface area contributed by atoms with Gasteiger partial charge in [-0.1, -0.05) is 5.16 Å². The van der Waals surface area contributed by atoms with E-state index in [4.69, 9.17) is 9.26 Å². The van der Waals surface area contributed by atoms with E-state index in [2.05, 4.69) is 15.8 Å². The first-order chi connectivity index (χ1) is 14.0. The fourth-order valence-corrected chi connectivity index (χ4v) is 2.74. The van der Waals surface area contributed by atoms with E-state index in [0.717, 1.165) is 17.0 Å². The number of nitrogens with zero attached hydrogens (tertiary/aromatic N) is 1. The third kappa shape index (κ3) is 5.01. The van der Waals surface area contributed by atoms with Gasteiger partial charge in [0.05, 0.1) is 11.3 Å². The van der Waals surface area contributed by atoms with Gasteiger partial charge in [0, 0.05) is 23.4 Å². The molecular weight excluding hydrogens is 370 g/mol. The zero-order valence-electron chi connectivity index (χ0n) is 16.6. The van der Waals surface area contributed by atoms with Crippen molar-refractivity contribution in [2.24, 2.45) is 0 Å². The minimum Gasteiger partial charge on any atom is -0.489 e. The minimum atomic E-state index is -0.243. The summed E-state index contributed by atoms with van der Waals surface area (Å²) < 4.78 is 10.9. The molecule has 3 aromatic rings. The van der Waals surface area contributed by atoms with Crippen LogP contribution in [0.5, 0.6) is 5.75 Å². The van der Waals surface area contributed by atoms with Crippen LogP contribution in [-0.4, -0.2) is 23.5 Å². The molecule has 2 aromatic carbocycles. The number of anilines is 1. The molecule has 0 aliphatic heterocycles. The van der Waals surface area contributed by atoms with E-state index in [1.807, 2.05) is 20.8 Å². The quantitative estimate of drug-likeness (QED) is 0.635. The van der Waals surface area contributed by atoms with Gasteiger partial charge in [0.2, 0.25) is 0 Å². The standard InChI is InChI=1S/C22H23N3O4/c1-4-23-21(26)16-5-9-18(10-6-16)24-22(27)17-7-11-19(12-8-17)28-13-20-14(2)25-29-15(20)3/h5-12H,4,13H2,1-3H3,(H,23,26)(H,24,27). The lowest BCUT2D eigenvalue weighted by Gasteiger charge is -2.09. The zero-order valence-corrected chi connectivity index (χ0v) is 16.6. The Labute approximate surface area is 169 Å². The molecule has 0 fully saturated rings. The molecule has 2 amide bonds. The van der Waals surface area contributed by atoms with Crippen molar-refractivity contribution in [3.8, 4) is 5.75 Å². The lowest BCUT2D eigenvalue weighted by atomic mass is 10.1. The molecule has 29 heavy (non-hydrogen) atoms. The smallest absolute Gasteiger partial charge is 0.255 e. The first-order valence-electron chi connectivity index (χ1n) is 9.32. The van der Waals surface area contributed by atoms with E-state index >= 15 is 0 Å². The Bertz CT molecular complexity index is 972.